The molecule has 0 amide bonds. The molecule has 2 aromatic rings. The minimum absolute atomic E-state index is 0.534. The predicted molar refractivity (Wildman–Crippen MR) is 62.5 cm³/mol. The molecule has 0 N–H and O–H groups in total. The second kappa shape index (κ2) is 3.79. The molecule has 3 heterocycles. The van der Waals surface area contributed by atoms with E-state index in [1.807, 2.05) is 24.5 Å². The summed E-state index contributed by atoms with van der Waals surface area (Å²) in [4.78, 5) is 10.6. The first-order valence-corrected chi connectivity index (χ1v) is 5.57. The van der Waals surface area contributed by atoms with Crippen molar-refractivity contribution in [3.8, 4) is 0 Å². The van der Waals surface area contributed by atoms with Gasteiger partial charge in [0.1, 0.15) is 11.0 Å². The van der Waals surface area contributed by atoms with Crippen LogP contribution in [-0.4, -0.2) is 21.1 Å². The summed E-state index contributed by atoms with van der Waals surface area (Å²) in [6.45, 7) is 2.77. The van der Waals surface area contributed by atoms with Crippen molar-refractivity contribution in [2.75, 3.05) is 11.4 Å². The van der Waals surface area contributed by atoms with E-state index >= 15 is 0 Å². The van der Waals surface area contributed by atoms with Crippen molar-refractivity contribution < 1.29 is 0 Å². The molecule has 0 saturated heterocycles. The molecule has 0 atom stereocenters. The zero-order chi connectivity index (χ0) is 11.0. The van der Waals surface area contributed by atoms with E-state index in [0.29, 0.717) is 5.15 Å². The molecule has 82 valence electrons. The lowest BCUT2D eigenvalue weighted by atomic mass is 10.3. The highest BCUT2D eigenvalue weighted by atomic mass is 35.5. The highest BCUT2D eigenvalue weighted by molar-refractivity contribution is 6.29. The summed E-state index contributed by atoms with van der Waals surface area (Å²) in [5.74, 6) is 1.10. The average Bonchev–Trinajstić information content (AvgIpc) is 2.75. The van der Waals surface area contributed by atoms with Gasteiger partial charge in [-0.1, -0.05) is 11.6 Å². The molecule has 2 aromatic heterocycles. The molecule has 0 radical (unpaired) electrons. The molecular weight excluding hydrogens is 224 g/mol. The third-order valence-electron chi connectivity index (χ3n) is 2.82. The zero-order valence-electron chi connectivity index (χ0n) is 8.67. The van der Waals surface area contributed by atoms with Crippen LogP contribution in [0.4, 0.5) is 5.69 Å². The van der Waals surface area contributed by atoms with Crippen molar-refractivity contribution in [1.82, 2.24) is 14.5 Å². The molecule has 1 aliphatic heterocycles. The SMILES string of the molecule is Clc1cc(N2CCn3ccnc3C2)ccn1. The Hall–Kier alpha value is -1.55. The standard InChI is InChI=1S/C11H11ClN4/c12-10-7-9(1-2-13-10)16-6-5-15-4-3-14-11(15)8-16/h1-4,7H,5-6,8H2. The van der Waals surface area contributed by atoms with E-state index in [-0.39, 0.29) is 0 Å². The summed E-state index contributed by atoms with van der Waals surface area (Å²) >= 11 is 5.88. The third kappa shape index (κ3) is 1.65. The van der Waals surface area contributed by atoms with Crippen molar-refractivity contribution >= 4 is 17.3 Å². The third-order valence-corrected chi connectivity index (χ3v) is 3.03. The Morgan fingerprint density at radius 3 is 3.00 bits per heavy atom. The molecule has 0 spiro atoms. The number of halogens is 1. The lowest BCUT2D eigenvalue weighted by molar-refractivity contribution is 0.560. The van der Waals surface area contributed by atoms with Crippen molar-refractivity contribution in [1.29, 1.82) is 0 Å². The molecule has 0 saturated carbocycles. The van der Waals surface area contributed by atoms with Gasteiger partial charge in [-0.3, -0.25) is 0 Å². The van der Waals surface area contributed by atoms with Gasteiger partial charge in [-0.05, 0) is 12.1 Å². The Morgan fingerprint density at radius 1 is 1.19 bits per heavy atom. The molecule has 5 heteroatoms. The van der Waals surface area contributed by atoms with E-state index in [4.69, 9.17) is 11.6 Å². The van der Waals surface area contributed by atoms with E-state index in [1.165, 1.54) is 0 Å². The second-order valence-corrected chi connectivity index (χ2v) is 4.18. The van der Waals surface area contributed by atoms with Crippen LogP contribution in [0.5, 0.6) is 0 Å². The molecule has 3 rings (SSSR count). The first kappa shape index (κ1) is 9.66. The Balaban J connectivity index is 1.88. The van der Waals surface area contributed by atoms with Gasteiger partial charge >= 0.3 is 0 Å². The Morgan fingerprint density at radius 2 is 2.12 bits per heavy atom. The number of pyridine rings is 1. The largest absolute Gasteiger partial charge is 0.362 e. The quantitative estimate of drug-likeness (QED) is 0.708. The Kier molecular flexibility index (Phi) is 2.29. The molecule has 0 unspecified atom stereocenters. The Labute approximate surface area is 98.5 Å². The van der Waals surface area contributed by atoms with Crippen molar-refractivity contribution in [3.63, 3.8) is 0 Å². The number of fused-ring (bicyclic) bond motifs is 1. The van der Waals surface area contributed by atoms with Crippen LogP contribution in [0.2, 0.25) is 5.15 Å². The fourth-order valence-electron chi connectivity index (χ4n) is 1.98. The Bertz CT molecular complexity index is 508. The van der Waals surface area contributed by atoms with Crippen LogP contribution in [0.3, 0.4) is 0 Å². The van der Waals surface area contributed by atoms with Crippen LogP contribution in [0.25, 0.3) is 0 Å². The lowest BCUT2D eigenvalue weighted by Crippen LogP contribution is -2.33. The average molecular weight is 235 g/mol. The van der Waals surface area contributed by atoms with Gasteiger partial charge in [-0.15, -0.1) is 0 Å². The number of hydrogen-bond acceptors (Lipinski definition) is 3. The van der Waals surface area contributed by atoms with Gasteiger partial charge in [-0.25, -0.2) is 9.97 Å². The normalized spacial score (nSPS) is 14.9. The van der Waals surface area contributed by atoms with Gasteiger partial charge in [0.2, 0.25) is 0 Å². The van der Waals surface area contributed by atoms with Crippen LogP contribution in [0.1, 0.15) is 5.82 Å². The molecule has 0 bridgehead atoms. The molecule has 0 fully saturated rings. The number of hydrogen-bond donors (Lipinski definition) is 0. The van der Waals surface area contributed by atoms with Gasteiger partial charge in [0.25, 0.3) is 0 Å². The number of imidazole rings is 1. The lowest BCUT2D eigenvalue weighted by Gasteiger charge is -2.29. The van der Waals surface area contributed by atoms with E-state index < -0.39 is 0 Å². The minimum atomic E-state index is 0.534. The summed E-state index contributed by atoms with van der Waals surface area (Å²) in [5.41, 5.74) is 1.11. The fourth-order valence-corrected chi connectivity index (χ4v) is 2.15. The van der Waals surface area contributed by atoms with Crippen LogP contribution in [0.15, 0.2) is 30.7 Å². The van der Waals surface area contributed by atoms with E-state index in [0.717, 1.165) is 31.1 Å². The highest BCUT2D eigenvalue weighted by Crippen LogP contribution is 2.21. The van der Waals surface area contributed by atoms with Crippen molar-refractivity contribution in [3.05, 3.63) is 41.7 Å². The van der Waals surface area contributed by atoms with Gasteiger partial charge < -0.3 is 9.47 Å². The first-order valence-electron chi connectivity index (χ1n) is 5.19. The maximum absolute atomic E-state index is 5.88. The summed E-state index contributed by atoms with van der Waals surface area (Å²) in [5, 5.41) is 0.534. The van der Waals surface area contributed by atoms with Crippen LogP contribution >= 0.6 is 11.6 Å². The van der Waals surface area contributed by atoms with Crippen molar-refractivity contribution in [2.24, 2.45) is 0 Å². The van der Waals surface area contributed by atoms with Gasteiger partial charge in [0.05, 0.1) is 6.54 Å². The topological polar surface area (TPSA) is 34.0 Å². The molecule has 16 heavy (non-hydrogen) atoms. The van der Waals surface area contributed by atoms with Crippen LogP contribution < -0.4 is 4.90 Å². The first-order chi connectivity index (χ1) is 7.83. The summed E-state index contributed by atoms with van der Waals surface area (Å²) in [7, 11) is 0. The smallest absolute Gasteiger partial charge is 0.131 e. The maximum atomic E-state index is 5.88. The maximum Gasteiger partial charge on any atom is 0.131 e. The number of aromatic nitrogens is 3. The summed E-state index contributed by atoms with van der Waals surface area (Å²) in [6.07, 6.45) is 5.60. The van der Waals surface area contributed by atoms with Crippen molar-refractivity contribution in [2.45, 2.75) is 13.1 Å². The number of anilines is 1. The number of rotatable bonds is 1. The zero-order valence-corrected chi connectivity index (χ0v) is 9.43. The highest BCUT2D eigenvalue weighted by Gasteiger charge is 2.16. The second-order valence-electron chi connectivity index (χ2n) is 3.80. The van der Waals surface area contributed by atoms with Crippen LogP contribution in [-0.2, 0) is 13.1 Å². The van der Waals surface area contributed by atoms with E-state index in [1.54, 1.807) is 6.20 Å². The minimum Gasteiger partial charge on any atom is -0.362 e. The monoisotopic (exact) mass is 234 g/mol. The summed E-state index contributed by atoms with van der Waals surface area (Å²) < 4.78 is 2.18. The summed E-state index contributed by atoms with van der Waals surface area (Å²) in [6, 6.07) is 3.87. The predicted octanol–water partition coefficient (Wildman–Crippen LogP) is 1.95. The molecule has 1 aliphatic rings. The van der Waals surface area contributed by atoms with Gasteiger partial charge in [0, 0.05) is 37.4 Å². The van der Waals surface area contributed by atoms with Gasteiger partial charge in [0.15, 0.2) is 0 Å². The fraction of sp³-hybridized carbons (Fsp3) is 0.273. The molecule has 0 aromatic carbocycles. The molecular formula is C11H11ClN4. The number of nitrogens with zero attached hydrogens (tertiary/aromatic N) is 4. The van der Waals surface area contributed by atoms with E-state index in [2.05, 4.69) is 19.4 Å². The van der Waals surface area contributed by atoms with Gasteiger partial charge in [-0.2, -0.15) is 0 Å². The molecule has 0 aliphatic carbocycles. The van der Waals surface area contributed by atoms with Crippen LogP contribution in [0, 0.1) is 0 Å². The van der Waals surface area contributed by atoms with E-state index in [9.17, 15) is 0 Å². The molecule has 4 nitrogen and oxygen atoms in total.